The summed E-state index contributed by atoms with van der Waals surface area (Å²) in [5, 5.41) is 5.77. The SMILES string of the molecule is CNCC(C)C(=O)Nc1ccc(C(=O)N(C)C)cc1OC.Cl. The Kier molecular flexibility index (Phi) is 8.52. The van der Waals surface area contributed by atoms with Gasteiger partial charge in [-0.1, -0.05) is 6.92 Å². The Hall–Kier alpha value is -1.79. The summed E-state index contributed by atoms with van der Waals surface area (Å²) in [4.78, 5) is 25.4. The van der Waals surface area contributed by atoms with Gasteiger partial charge in [0.25, 0.3) is 5.91 Å². The van der Waals surface area contributed by atoms with Crippen molar-refractivity contribution in [3.05, 3.63) is 23.8 Å². The summed E-state index contributed by atoms with van der Waals surface area (Å²) in [6.45, 7) is 2.42. The fourth-order valence-electron chi connectivity index (χ4n) is 1.84. The van der Waals surface area contributed by atoms with Gasteiger partial charge in [-0.25, -0.2) is 0 Å². The average Bonchev–Trinajstić information content (AvgIpc) is 2.46. The highest BCUT2D eigenvalue weighted by Crippen LogP contribution is 2.26. The van der Waals surface area contributed by atoms with Crippen LogP contribution in [0.3, 0.4) is 0 Å². The third-order valence-corrected chi connectivity index (χ3v) is 3.07. The summed E-state index contributed by atoms with van der Waals surface area (Å²) in [6, 6.07) is 4.98. The van der Waals surface area contributed by atoms with E-state index < -0.39 is 0 Å². The van der Waals surface area contributed by atoms with Crippen molar-refractivity contribution >= 4 is 29.9 Å². The molecule has 1 unspecified atom stereocenters. The van der Waals surface area contributed by atoms with Crippen LogP contribution in [-0.4, -0.2) is 51.5 Å². The van der Waals surface area contributed by atoms with E-state index in [0.29, 0.717) is 23.5 Å². The minimum absolute atomic E-state index is 0. The summed E-state index contributed by atoms with van der Waals surface area (Å²) in [7, 11) is 6.67. The summed E-state index contributed by atoms with van der Waals surface area (Å²) in [6.07, 6.45) is 0. The third kappa shape index (κ3) is 5.20. The molecule has 0 radical (unpaired) electrons. The van der Waals surface area contributed by atoms with E-state index in [9.17, 15) is 9.59 Å². The number of methoxy groups -OCH3 is 1. The molecule has 7 heteroatoms. The first-order valence-electron chi connectivity index (χ1n) is 6.75. The normalized spacial score (nSPS) is 11.1. The largest absolute Gasteiger partial charge is 0.495 e. The molecular weight excluding hydrogens is 306 g/mol. The summed E-state index contributed by atoms with van der Waals surface area (Å²) in [5.41, 5.74) is 1.07. The number of amides is 2. The zero-order chi connectivity index (χ0) is 16.0. The van der Waals surface area contributed by atoms with Crippen molar-refractivity contribution < 1.29 is 14.3 Å². The lowest BCUT2D eigenvalue weighted by atomic mass is 10.1. The highest BCUT2D eigenvalue weighted by Gasteiger charge is 2.16. The molecule has 0 bridgehead atoms. The van der Waals surface area contributed by atoms with Gasteiger partial charge in [-0.3, -0.25) is 9.59 Å². The number of hydrogen-bond acceptors (Lipinski definition) is 4. The molecule has 1 atom stereocenters. The van der Waals surface area contributed by atoms with Crippen LogP contribution in [0.15, 0.2) is 18.2 Å². The summed E-state index contributed by atoms with van der Waals surface area (Å²) in [5.74, 6) is 0.0829. The van der Waals surface area contributed by atoms with Crippen molar-refractivity contribution in [2.24, 2.45) is 5.92 Å². The smallest absolute Gasteiger partial charge is 0.253 e. The van der Waals surface area contributed by atoms with Crippen LogP contribution in [0.1, 0.15) is 17.3 Å². The standard InChI is InChI=1S/C15H23N3O3.ClH/c1-10(9-16-2)14(19)17-12-7-6-11(8-13(12)21-5)15(20)18(3)4;/h6-8,10,16H,9H2,1-5H3,(H,17,19);1H. The maximum absolute atomic E-state index is 12.0. The second-order valence-electron chi connectivity index (χ2n) is 5.06. The lowest BCUT2D eigenvalue weighted by Gasteiger charge is -2.16. The number of hydrogen-bond donors (Lipinski definition) is 2. The van der Waals surface area contributed by atoms with Crippen LogP contribution in [-0.2, 0) is 4.79 Å². The number of nitrogens with one attached hydrogen (secondary N) is 2. The maximum Gasteiger partial charge on any atom is 0.253 e. The molecule has 0 spiro atoms. The minimum Gasteiger partial charge on any atom is -0.495 e. The van der Waals surface area contributed by atoms with Crippen LogP contribution in [0.2, 0.25) is 0 Å². The molecule has 0 fully saturated rings. The zero-order valence-electron chi connectivity index (χ0n) is 13.6. The van der Waals surface area contributed by atoms with Crippen LogP contribution in [0, 0.1) is 5.92 Å². The predicted octanol–water partition coefficient (Wildman–Crippen LogP) is 1.61. The molecule has 2 amide bonds. The fraction of sp³-hybridized carbons (Fsp3) is 0.467. The van der Waals surface area contributed by atoms with Crippen LogP contribution in [0.4, 0.5) is 5.69 Å². The maximum atomic E-state index is 12.0. The molecule has 1 rings (SSSR count). The van der Waals surface area contributed by atoms with Crippen molar-refractivity contribution in [3.8, 4) is 5.75 Å². The number of halogens is 1. The van der Waals surface area contributed by atoms with Crippen molar-refractivity contribution in [3.63, 3.8) is 0 Å². The molecule has 124 valence electrons. The molecule has 0 saturated carbocycles. The van der Waals surface area contributed by atoms with E-state index >= 15 is 0 Å². The molecule has 0 aliphatic carbocycles. The second-order valence-corrected chi connectivity index (χ2v) is 5.06. The number of rotatable bonds is 6. The second kappa shape index (κ2) is 9.27. The van der Waals surface area contributed by atoms with E-state index in [1.807, 2.05) is 6.92 Å². The lowest BCUT2D eigenvalue weighted by Crippen LogP contribution is -2.28. The highest BCUT2D eigenvalue weighted by atomic mass is 35.5. The first kappa shape index (κ1) is 20.2. The van der Waals surface area contributed by atoms with Gasteiger partial charge >= 0.3 is 0 Å². The van der Waals surface area contributed by atoms with Gasteiger partial charge in [-0.05, 0) is 25.2 Å². The quantitative estimate of drug-likeness (QED) is 0.832. The molecule has 0 aliphatic rings. The van der Waals surface area contributed by atoms with Gasteiger partial charge in [0.15, 0.2) is 0 Å². The first-order valence-corrected chi connectivity index (χ1v) is 6.75. The van der Waals surface area contributed by atoms with Gasteiger partial charge in [0, 0.05) is 32.1 Å². The molecule has 1 aromatic carbocycles. The van der Waals surface area contributed by atoms with Gasteiger partial charge in [0.1, 0.15) is 5.75 Å². The van der Waals surface area contributed by atoms with Crippen molar-refractivity contribution in [2.45, 2.75) is 6.92 Å². The van der Waals surface area contributed by atoms with Crippen LogP contribution >= 0.6 is 12.4 Å². The van der Waals surface area contributed by atoms with Gasteiger partial charge in [0.2, 0.25) is 5.91 Å². The molecule has 0 heterocycles. The molecule has 1 aromatic rings. The number of carbonyl (C=O) groups is 2. The van der Waals surface area contributed by atoms with Crippen molar-refractivity contribution in [1.82, 2.24) is 10.2 Å². The van der Waals surface area contributed by atoms with Gasteiger partial charge < -0.3 is 20.3 Å². The number of nitrogens with zero attached hydrogens (tertiary/aromatic N) is 1. The Morgan fingerprint density at radius 3 is 2.45 bits per heavy atom. The first-order chi connectivity index (χ1) is 9.90. The van der Waals surface area contributed by atoms with E-state index in [1.54, 1.807) is 39.3 Å². The van der Waals surface area contributed by atoms with E-state index in [2.05, 4.69) is 10.6 Å². The molecule has 22 heavy (non-hydrogen) atoms. The Labute approximate surface area is 137 Å². The zero-order valence-corrected chi connectivity index (χ0v) is 14.4. The summed E-state index contributed by atoms with van der Waals surface area (Å²) >= 11 is 0. The molecule has 0 saturated heterocycles. The monoisotopic (exact) mass is 329 g/mol. The van der Waals surface area contributed by atoms with Crippen molar-refractivity contribution in [2.75, 3.05) is 40.1 Å². The van der Waals surface area contributed by atoms with E-state index in [-0.39, 0.29) is 30.1 Å². The summed E-state index contributed by atoms with van der Waals surface area (Å²) < 4.78 is 5.26. The number of benzene rings is 1. The molecule has 2 N–H and O–H groups in total. The Morgan fingerprint density at radius 2 is 1.95 bits per heavy atom. The Balaban J connectivity index is 0.00000441. The molecule has 0 aliphatic heterocycles. The lowest BCUT2D eigenvalue weighted by molar-refractivity contribution is -0.119. The Bertz CT molecular complexity index is 521. The average molecular weight is 330 g/mol. The number of ether oxygens (including phenoxy) is 1. The van der Waals surface area contributed by atoms with Crippen LogP contribution < -0.4 is 15.4 Å². The molecule has 6 nitrogen and oxygen atoms in total. The van der Waals surface area contributed by atoms with Crippen LogP contribution in [0.25, 0.3) is 0 Å². The predicted molar refractivity (Wildman–Crippen MR) is 90.0 cm³/mol. The van der Waals surface area contributed by atoms with Gasteiger partial charge in [-0.15, -0.1) is 12.4 Å². The third-order valence-electron chi connectivity index (χ3n) is 3.07. The fourth-order valence-corrected chi connectivity index (χ4v) is 1.84. The van der Waals surface area contributed by atoms with Crippen molar-refractivity contribution in [1.29, 1.82) is 0 Å². The van der Waals surface area contributed by atoms with E-state index in [4.69, 9.17) is 4.74 Å². The topological polar surface area (TPSA) is 70.7 Å². The van der Waals surface area contributed by atoms with Gasteiger partial charge in [0.05, 0.1) is 12.8 Å². The number of anilines is 1. The van der Waals surface area contributed by atoms with E-state index in [0.717, 1.165) is 0 Å². The minimum atomic E-state index is -0.164. The van der Waals surface area contributed by atoms with Gasteiger partial charge in [-0.2, -0.15) is 0 Å². The highest BCUT2D eigenvalue weighted by molar-refractivity contribution is 5.97. The van der Waals surface area contributed by atoms with Crippen LogP contribution in [0.5, 0.6) is 5.75 Å². The molecule has 0 aromatic heterocycles. The Morgan fingerprint density at radius 1 is 1.32 bits per heavy atom. The molecular formula is C15H24ClN3O3. The number of carbonyl (C=O) groups excluding carboxylic acids is 2. The van der Waals surface area contributed by atoms with E-state index in [1.165, 1.54) is 12.0 Å².